The van der Waals surface area contributed by atoms with Crippen LogP contribution in [-0.4, -0.2) is 35.5 Å². The minimum atomic E-state index is -0.470. The third kappa shape index (κ3) is 3.72. The second kappa shape index (κ2) is 5.29. The van der Waals surface area contributed by atoms with Crippen molar-refractivity contribution < 1.29 is 14.3 Å². The number of amides is 1. The van der Waals surface area contributed by atoms with Gasteiger partial charge in [-0.1, -0.05) is 13.8 Å². The van der Waals surface area contributed by atoms with Gasteiger partial charge in [0.15, 0.2) is 0 Å². The van der Waals surface area contributed by atoms with Crippen molar-refractivity contribution in [3.63, 3.8) is 0 Å². The Kier molecular flexibility index (Phi) is 4.41. The van der Waals surface area contributed by atoms with Gasteiger partial charge in [0.25, 0.3) is 0 Å². The van der Waals surface area contributed by atoms with Crippen molar-refractivity contribution in [2.45, 2.75) is 59.1 Å². The molecule has 0 bridgehead atoms. The van der Waals surface area contributed by atoms with Gasteiger partial charge in [0.05, 0.1) is 0 Å². The lowest BCUT2D eigenvalue weighted by molar-refractivity contribution is -0.130. The highest BCUT2D eigenvalue weighted by molar-refractivity contribution is 5.84. The van der Waals surface area contributed by atoms with Crippen molar-refractivity contribution in [3.8, 4) is 0 Å². The molecule has 1 aliphatic carbocycles. The van der Waals surface area contributed by atoms with Crippen molar-refractivity contribution in [2.24, 2.45) is 11.8 Å². The van der Waals surface area contributed by atoms with E-state index in [1.165, 1.54) is 0 Å². The maximum atomic E-state index is 11.8. The summed E-state index contributed by atoms with van der Waals surface area (Å²) in [4.78, 5) is 25.2. The van der Waals surface area contributed by atoms with Crippen LogP contribution in [0.5, 0.6) is 0 Å². The van der Waals surface area contributed by atoms with Gasteiger partial charge in [-0.25, -0.2) is 4.79 Å². The van der Waals surface area contributed by atoms with E-state index in [1.807, 2.05) is 34.6 Å². The third-order valence-corrected chi connectivity index (χ3v) is 3.31. The number of hydrogen-bond acceptors (Lipinski definition) is 3. The van der Waals surface area contributed by atoms with Crippen LogP contribution in [0.2, 0.25) is 0 Å². The zero-order valence-corrected chi connectivity index (χ0v) is 12.3. The Hall–Kier alpha value is -1.06. The summed E-state index contributed by atoms with van der Waals surface area (Å²) in [5, 5.41) is 0. The molecule has 1 amide bonds. The maximum absolute atomic E-state index is 11.8. The normalized spacial score (nSPS) is 23.5. The average Bonchev–Trinajstić information content (AvgIpc) is 2.11. The van der Waals surface area contributed by atoms with Crippen molar-refractivity contribution in [1.82, 2.24) is 4.90 Å². The van der Waals surface area contributed by atoms with Gasteiger partial charge >= 0.3 is 6.09 Å². The summed E-state index contributed by atoms with van der Waals surface area (Å²) in [6, 6.07) is 0.146. The monoisotopic (exact) mass is 255 g/mol. The zero-order valence-electron chi connectivity index (χ0n) is 12.3. The van der Waals surface area contributed by atoms with Crippen LogP contribution in [0.25, 0.3) is 0 Å². The Bertz CT molecular complexity index is 324. The zero-order chi connectivity index (χ0) is 14.1. The Balaban J connectivity index is 2.41. The predicted molar refractivity (Wildman–Crippen MR) is 70.4 cm³/mol. The van der Waals surface area contributed by atoms with Gasteiger partial charge < -0.3 is 9.64 Å². The van der Waals surface area contributed by atoms with E-state index in [1.54, 1.807) is 11.9 Å². The molecule has 0 spiro atoms. The Labute approximate surface area is 110 Å². The number of hydrogen-bond donors (Lipinski definition) is 0. The molecule has 1 saturated carbocycles. The van der Waals surface area contributed by atoms with Crippen molar-refractivity contribution >= 4 is 11.9 Å². The molecule has 1 aliphatic rings. The molecule has 4 nitrogen and oxygen atoms in total. The van der Waals surface area contributed by atoms with Crippen molar-refractivity contribution in [3.05, 3.63) is 0 Å². The summed E-state index contributed by atoms with van der Waals surface area (Å²) in [7, 11) is 1.74. The molecule has 0 radical (unpaired) electrons. The van der Waals surface area contributed by atoms with Gasteiger partial charge in [0.2, 0.25) is 0 Å². The molecule has 0 unspecified atom stereocenters. The Morgan fingerprint density at radius 2 is 1.72 bits per heavy atom. The molecule has 0 aromatic rings. The van der Waals surface area contributed by atoms with Crippen LogP contribution >= 0.6 is 0 Å². The van der Waals surface area contributed by atoms with Crippen LogP contribution in [0.4, 0.5) is 4.79 Å². The molecular weight excluding hydrogens is 230 g/mol. The molecule has 0 aromatic heterocycles. The lowest BCUT2D eigenvalue weighted by Gasteiger charge is -2.41. The molecule has 0 atom stereocenters. The number of Topliss-reactive ketones (excluding diaryl/α,β-unsaturated/α-hetero) is 1. The molecule has 0 heterocycles. The standard InChI is InChI=1S/C14H25NO3/c1-9(2)12(16)10-7-11(8-10)15(6)13(17)18-14(3,4)5/h9-11H,7-8H2,1-6H3. The topological polar surface area (TPSA) is 46.6 Å². The van der Waals surface area contributed by atoms with Gasteiger partial charge in [-0.05, 0) is 33.6 Å². The van der Waals surface area contributed by atoms with E-state index < -0.39 is 5.60 Å². The molecule has 0 saturated heterocycles. The first-order valence-electron chi connectivity index (χ1n) is 6.61. The molecule has 0 N–H and O–H groups in total. The number of ether oxygens (including phenoxy) is 1. The SMILES string of the molecule is CC(C)C(=O)C1CC(N(C)C(=O)OC(C)(C)C)C1. The van der Waals surface area contributed by atoms with E-state index in [9.17, 15) is 9.59 Å². The summed E-state index contributed by atoms with van der Waals surface area (Å²) < 4.78 is 5.30. The first-order valence-corrected chi connectivity index (χ1v) is 6.61. The van der Waals surface area contributed by atoms with Crippen LogP contribution in [0, 0.1) is 11.8 Å². The second-order valence-electron chi connectivity index (χ2n) is 6.47. The van der Waals surface area contributed by atoms with Crippen molar-refractivity contribution in [1.29, 1.82) is 0 Å². The van der Waals surface area contributed by atoms with E-state index in [4.69, 9.17) is 4.74 Å². The van der Waals surface area contributed by atoms with E-state index in [2.05, 4.69) is 0 Å². The summed E-state index contributed by atoms with van der Waals surface area (Å²) in [6.07, 6.45) is 1.24. The quantitative estimate of drug-likeness (QED) is 0.779. The molecular formula is C14H25NO3. The minimum Gasteiger partial charge on any atom is -0.444 e. The number of nitrogens with zero attached hydrogens (tertiary/aromatic N) is 1. The molecule has 1 fully saturated rings. The van der Waals surface area contributed by atoms with E-state index >= 15 is 0 Å². The number of rotatable bonds is 3. The molecule has 0 aliphatic heterocycles. The second-order valence-corrected chi connectivity index (χ2v) is 6.47. The number of carbonyl (C=O) groups excluding carboxylic acids is 2. The molecule has 18 heavy (non-hydrogen) atoms. The number of ketones is 1. The Morgan fingerprint density at radius 1 is 1.22 bits per heavy atom. The lowest BCUT2D eigenvalue weighted by atomic mass is 9.74. The van der Waals surface area contributed by atoms with Gasteiger partial charge in [0, 0.05) is 24.9 Å². The first kappa shape index (κ1) is 15.0. The lowest BCUT2D eigenvalue weighted by Crippen LogP contribution is -2.49. The fourth-order valence-electron chi connectivity index (χ4n) is 2.09. The summed E-state index contributed by atoms with van der Waals surface area (Å²) in [5.74, 6) is 0.520. The number of carbonyl (C=O) groups is 2. The van der Waals surface area contributed by atoms with Gasteiger partial charge in [-0.3, -0.25) is 4.79 Å². The van der Waals surface area contributed by atoms with Gasteiger partial charge in [-0.15, -0.1) is 0 Å². The fourth-order valence-corrected chi connectivity index (χ4v) is 2.09. The van der Waals surface area contributed by atoms with E-state index in [0.29, 0.717) is 5.78 Å². The summed E-state index contributed by atoms with van der Waals surface area (Å²) in [6.45, 7) is 9.40. The average molecular weight is 255 g/mol. The summed E-state index contributed by atoms with van der Waals surface area (Å²) >= 11 is 0. The summed E-state index contributed by atoms with van der Waals surface area (Å²) in [5.41, 5.74) is -0.470. The third-order valence-electron chi connectivity index (χ3n) is 3.31. The smallest absolute Gasteiger partial charge is 0.410 e. The largest absolute Gasteiger partial charge is 0.444 e. The predicted octanol–water partition coefficient (Wildman–Crippen LogP) is 2.86. The highest BCUT2D eigenvalue weighted by Gasteiger charge is 2.39. The maximum Gasteiger partial charge on any atom is 0.410 e. The highest BCUT2D eigenvalue weighted by atomic mass is 16.6. The van der Waals surface area contributed by atoms with Crippen LogP contribution in [0.15, 0.2) is 0 Å². The van der Waals surface area contributed by atoms with Crippen molar-refractivity contribution in [2.75, 3.05) is 7.05 Å². The van der Waals surface area contributed by atoms with Crippen LogP contribution < -0.4 is 0 Å². The Morgan fingerprint density at radius 3 is 2.11 bits per heavy atom. The van der Waals surface area contributed by atoms with Gasteiger partial charge in [-0.2, -0.15) is 0 Å². The van der Waals surface area contributed by atoms with Gasteiger partial charge in [0.1, 0.15) is 11.4 Å². The van der Waals surface area contributed by atoms with E-state index in [0.717, 1.165) is 12.8 Å². The van der Waals surface area contributed by atoms with Crippen LogP contribution in [0.3, 0.4) is 0 Å². The molecule has 104 valence electrons. The molecule has 4 heteroatoms. The molecule has 0 aromatic carbocycles. The minimum absolute atomic E-state index is 0.0859. The molecule has 1 rings (SSSR count). The van der Waals surface area contributed by atoms with Crippen LogP contribution in [-0.2, 0) is 9.53 Å². The fraction of sp³-hybridized carbons (Fsp3) is 0.857. The first-order chi connectivity index (χ1) is 8.11. The van der Waals surface area contributed by atoms with E-state index in [-0.39, 0.29) is 24.0 Å². The highest BCUT2D eigenvalue weighted by Crippen LogP contribution is 2.34. The van der Waals surface area contributed by atoms with Crippen LogP contribution in [0.1, 0.15) is 47.5 Å².